The van der Waals surface area contributed by atoms with Gasteiger partial charge in [-0.25, -0.2) is 0 Å². The van der Waals surface area contributed by atoms with Crippen LogP contribution in [0.15, 0.2) is 12.1 Å². The first-order chi connectivity index (χ1) is 9.20. The van der Waals surface area contributed by atoms with Crippen molar-refractivity contribution in [1.29, 1.82) is 0 Å². The van der Waals surface area contributed by atoms with Gasteiger partial charge in [0.1, 0.15) is 5.69 Å². The summed E-state index contributed by atoms with van der Waals surface area (Å²) in [7, 11) is 0. The van der Waals surface area contributed by atoms with Crippen molar-refractivity contribution >= 4 is 27.5 Å². The maximum atomic E-state index is 12.6. The normalized spacial score (nSPS) is 15.6. The number of carbonyl (C=O) groups is 1. The molecule has 19 heavy (non-hydrogen) atoms. The predicted molar refractivity (Wildman–Crippen MR) is 80.0 cm³/mol. The second kappa shape index (κ2) is 5.00. The second-order valence-corrected chi connectivity index (χ2v) is 6.57. The molecule has 1 amide bonds. The van der Waals surface area contributed by atoms with E-state index in [1.165, 1.54) is 15.1 Å². The molecule has 0 aromatic carbocycles. The minimum atomic E-state index is 0.215. The fraction of sp³-hybridized carbons (Fsp3) is 0.533. The summed E-state index contributed by atoms with van der Waals surface area (Å²) >= 11 is 1.78. The third-order valence-corrected chi connectivity index (χ3v) is 4.76. The smallest absolute Gasteiger partial charge is 0.270 e. The quantitative estimate of drug-likeness (QED) is 0.840. The molecule has 1 aliphatic heterocycles. The summed E-state index contributed by atoms with van der Waals surface area (Å²) in [6.45, 7) is 7.05. The Bertz CT molecular complexity index is 605. The Labute approximate surface area is 117 Å². The number of carbonyl (C=O) groups excluding carboxylic acids is 1. The van der Waals surface area contributed by atoms with Crippen molar-refractivity contribution in [2.45, 2.75) is 39.7 Å². The van der Waals surface area contributed by atoms with E-state index < -0.39 is 0 Å². The molecule has 1 saturated heterocycles. The number of likely N-dealkylation sites (tertiary alicyclic amines) is 1. The summed E-state index contributed by atoms with van der Waals surface area (Å²) in [4.78, 5) is 15.9. The summed E-state index contributed by atoms with van der Waals surface area (Å²) in [6.07, 6.45) is 3.35. The Morgan fingerprint density at radius 2 is 2.05 bits per heavy atom. The largest absolute Gasteiger partial charge is 0.337 e. The van der Waals surface area contributed by atoms with Crippen LogP contribution in [0.1, 0.15) is 41.6 Å². The third kappa shape index (κ3) is 2.18. The summed E-state index contributed by atoms with van der Waals surface area (Å²) < 4.78 is 3.45. The highest BCUT2D eigenvalue weighted by molar-refractivity contribution is 7.19. The van der Waals surface area contributed by atoms with Gasteiger partial charge in [-0.2, -0.15) is 0 Å². The van der Waals surface area contributed by atoms with Crippen LogP contribution in [0.25, 0.3) is 10.2 Å². The van der Waals surface area contributed by atoms with E-state index in [-0.39, 0.29) is 5.91 Å². The Kier molecular flexibility index (Phi) is 3.35. The third-order valence-electron chi connectivity index (χ3n) is 3.77. The SMILES string of the molecule is CCCn1c(C(=O)N2CCCC2)cc2sc(C)cc21. The lowest BCUT2D eigenvalue weighted by Gasteiger charge is -2.17. The fourth-order valence-corrected chi connectivity index (χ4v) is 3.85. The van der Waals surface area contributed by atoms with E-state index >= 15 is 0 Å². The van der Waals surface area contributed by atoms with Crippen LogP contribution in [0.4, 0.5) is 0 Å². The molecular formula is C15H20N2OS. The number of rotatable bonds is 3. The molecule has 0 aliphatic carbocycles. The van der Waals surface area contributed by atoms with Crippen molar-refractivity contribution in [3.8, 4) is 0 Å². The molecule has 3 heterocycles. The summed E-state index contributed by atoms with van der Waals surface area (Å²) in [5, 5.41) is 0. The lowest BCUT2D eigenvalue weighted by atomic mass is 10.3. The molecule has 0 atom stereocenters. The van der Waals surface area contributed by atoms with Gasteiger partial charge in [-0.1, -0.05) is 6.92 Å². The molecule has 3 rings (SSSR count). The number of aryl methyl sites for hydroxylation is 2. The molecule has 102 valence electrons. The van der Waals surface area contributed by atoms with E-state index in [0.29, 0.717) is 0 Å². The van der Waals surface area contributed by atoms with E-state index in [2.05, 4.69) is 30.5 Å². The molecule has 0 bridgehead atoms. The summed E-state index contributed by atoms with van der Waals surface area (Å²) in [6, 6.07) is 4.29. The average Bonchev–Trinajstić information content (AvgIpc) is 3.06. The van der Waals surface area contributed by atoms with Gasteiger partial charge in [-0.3, -0.25) is 4.79 Å². The number of hydrogen-bond acceptors (Lipinski definition) is 2. The Morgan fingerprint density at radius 3 is 2.74 bits per heavy atom. The molecule has 0 unspecified atom stereocenters. The summed E-state index contributed by atoms with van der Waals surface area (Å²) in [5.41, 5.74) is 2.11. The van der Waals surface area contributed by atoms with Gasteiger partial charge in [0.25, 0.3) is 5.91 Å². The highest BCUT2D eigenvalue weighted by Gasteiger charge is 2.24. The average molecular weight is 276 g/mol. The molecule has 3 nitrogen and oxygen atoms in total. The zero-order valence-electron chi connectivity index (χ0n) is 11.6. The van der Waals surface area contributed by atoms with Crippen LogP contribution in [-0.2, 0) is 6.54 Å². The van der Waals surface area contributed by atoms with Crippen molar-refractivity contribution in [2.75, 3.05) is 13.1 Å². The van der Waals surface area contributed by atoms with Gasteiger partial charge in [-0.15, -0.1) is 11.3 Å². The Hall–Kier alpha value is -1.29. The van der Waals surface area contributed by atoms with E-state index in [9.17, 15) is 4.79 Å². The Balaban J connectivity index is 2.03. The first-order valence-corrected chi connectivity index (χ1v) is 7.91. The first-order valence-electron chi connectivity index (χ1n) is 7.09. The van der Waals surface area contributed by atoms with Gasteiger partial charge in [0.15, 0.2) is 0 Å². The number of aromatic nitrogens is 1. The number of hydrogen-bond donors (Lipinski definition) is 0. The van der Waals surface area contributed by atoms with Crippen molar-refractivity contribution in [1.82, 2.24) is 9.47 Å². The molecule has 0 saturated carbocycles. The minimum absolute atomic E-state index is 0.215. The van der Waals surface area contributed by atoms with Crippen LogP contribution >= 0.6 is 11.3 Å². The zero-order chi connectivity index (χ0) is 13.4. The van der Waals surface area contributed by atoms with Gasteiger partial charge in [0.05, 0.1) is 10.2 Å². The van der Waals surface area contributed by atoms with Crippen LogP contribution in [0.5, 0.6) is 0 Å². The molecule has 2 aromatic rings. The number of amides is 1. The van der Waals surface area contributed by atoms with Crippen molar-refractivity contribution < 1.29 is 4.79 Å². The lowest BCUT2D eigenvalue weighted by molar-refractivity contribution is 0.0782. The first kappa shape index (κ1) is 12.7. The molecule has 0 N–H and O–H groups in total. The van der Waals surface area contributed by atoms with Crippen LogP contribution < -0.4 is 0 Å². The van der Waals surface area contributed by atoms with Crippen LogP contribution in [-0.4, -0.2) is 28.5 Å². The fourth-order valence-electron chi connectivity index (χ4n) is 2.89. The standard InChI is InChI=1S/C15H20N2OS/c1-3-6-17-12-9-11(2)19-14(12)10-13(17)15(18)16-7-4-5-8-16/h9-10H,3-8H2,1-2H3. The van der Waals surface area contributed by atoms with E-state index in [4.69, 9.17) is 0 Å². The van der Waals surface area contributed by atoms with Crippen molar-refractivity contribution in [3.63, 3.8) is 0 Å². The summed E-state index contributed by atoms with van der Waals surface area (Å²) in [5.74, 6) is 0.215. The van der Waals surface area contributed by atoms with Crippen molar-refractivity contribution in [2.24, 2.45) is 0 Å². The zero-order valence-corrected chi connectivity index (χ0v) is 12.4. The number of fused-ring (bicyclic) bond motifs is 1. The number of nitrogens with zero attached hydrogens (tertiary/aromatic N) is 2. The van der Waals surface area contributed by atoms with Crippen molar-refractivity contribution in [3.05, 3.63) is 22.7 Å². The van der Waals surface area contributed by atoms with Gasteiger partial charge in [0.2, 0.25) is 0 Å². The number of thiophene rings is 1. The molecule has 2 aromatic heterocycles. The van der Waals surface area contributed by atoms with E-state index in [1.54, 1.807) is 11.3 Å². The van der Waals surface area contributed by atoms with E-state index in [1.807, 2.05) is 4.90 Å². The highest BCUT2D eigenvalue weighted by atomic mass is 32.1. The second-order valence-electron chi connectivity index (χ2n) is 5.29. The highest BCUT2D eigenvalue weighted by Crippen LogP contribution is 2.30. The molecule has 0 radical (unpaired) electrons. The monoisotopic (exact) mass is 276 g/mol. The topological polar surface area (TPSA) is 25.2 Å². The van der Waals surface area contributed by atoms with Gasteiger partial charge in [0, 0.05) is 24.5 Å². The molecule has 1 fully saturated rings. The molecule has 1 aliphatic rings. The lowest BCUT2D eigenvalue weighted by Crippen LogP contribution is -2.29. The van der Waals surface area contributed by atoms with Crippen LogP contribution in [0.3, 0.4) is 0 Å². The maximum Gasteiger partial charge on any atom is 0.270 e. The molecule has 4 heteroatoms. The van der Waals surface area contributed by atoms with E-state index in [0.717, 1.165) is 44.6 Å². The molecule has 0 spiro atoms. The minimum Gasteiger partial charge on any atom is -0.337 e. The van der Waals surface area contributed by atoms with Crippen LogP contribution in [0, 0.1) is 6.92 Å². The van der Waals surface area contributed by atoms with Gasteiger partial charge >= 0.3 is 0 Å². The molecular weight excluding hydrogens is 256 g/mol. The Morgan fingerprint density at radius 1 is 1.32 bits per heavy atom. The van der Waals surface area contributed by atoms with Gasteiger partial charge in [-0.05, 0) is 38.3 Å². The van der Waals surface area contributed by atoms with Crippen LogP contribution in [0.2, 0.25) is 0 Å². The maximum absolute atomic E-state index is 12.6. The predicted octanol–water partition coefficient (Wildman–Crippen LogP) is 3.66. The van der Waals surface area contributed by atoms with Gasteiger partial charge < -0.3 is 9.47 Å².